The summed E-state index contributed by atoms with van der Waals surface area (Å²) in [5, 5.41) is 6.80. The molecule has 0 saturated heterocycles. The Labute approximate surface area is 161 Å². The molecule has 3 heterocycles. The zero-order chi connectivity index (χ0) is 18.5. The van der Waals surface area contributed by atoms with Gasteiger partial charge in [0, 0.05) is 17.7 Å². The average molecular weight is 371 g/mol. The Kier molecular flexibility index (Phi) is 3.25. The second-order valence-corrected chi connectivity index (χ2v) is 6.87. The highest BCUT2D eigenvalue weighted by atomic mass is 16.5. The Morgan fingerprint density at radius 1 is 0.929 bits per heavy atom. The molecular weight excluding hydrogens is 354 g/mol. The molecule has 6 nitrogen and oxygen atoms in total. The summed E-state index contributed by atoms with van der Waals surface area (Å²) in [4.78, 5) is 4.58. The van der Waals surface area contributed by atoms with Crippen molar-refractivity contribution in [3.63, 3.8) is 0 Å². The van der Waals surface area contributed by atoms with Gasteiger partial charge in [-0.1, -0.05) is 12.1 Å². The number of fused-ring (bicyclic) bond motifs is 3. The van der Waals surface area contributed by atoms with Crippen LogP contribution in [0.2, 0.25) is 0 Å². The summed E-state index contributed by atoms with van der Waals surface area (Å²) in [6, 6.07) is 19.8. The molecule has 138 valence electrons. The summed E-state index contributed by atoms with van der Waals surface area (Å²) in [7, 11) is 0. The van der Waals surface area contributed by atoms with Crippen LogP contribution in [-0.2, 0) is 0 Å². The first-order valence-electron chi connectivity index (χ1n) is 9.27. The van der Waals surface area contributed by atoms with Crippen molar-refractivity contribution in [3.05, 3.63) is 66.2 Å². The fourth-order valence-electron chi connectivity index (χ4n) is 3.64. The maximum atomic E-state index is 6.10. The molecule has 1 aromatic heterocycles. The molecule has 0 bridgehead atoms. The van der Waals surface area contributed by atoms with Crippen LogP contribution in [0, 0.1) is 0 Å². The lowest BCUT2D eigenvalue weighted by Gasteiger charge is -2.21. The number of hydrogen-bond donors (Lipinski definition) is 2. The lowest BCUT2D eigenvalue weighted by atomic mass is 10.1. The Bertz CT molecular complexity index is 1170. The minimum atomic E-state index is -0.247. The topological polar surface area (TPSA) is 68.6 Å². The minimum absolute atomic E-state index is 0.247. The molecular formula is C22H17N3O3. The smallest absolute Gasteiger partial charge is 0.227 e. The predicted molar refractivity (Wildman–Crippen MR) is 107 cm³/mol. The third kappa shape index (κ3) is 2.45. The highest BCUT2D eigenvalue weighted by Gasteiger charge is 2.25. The summed E-state index contributed by atoms with van der Waals surface area (Å²) in [5.41, 5.74) is 5.50. The van der Waals surface area contributed by atoms with Crippen molar-refractivity contribution < 1.29 is 13.9 Å². The van der Waals surface area contributed by atoms with Crippen LogP contribution in [0.4, 0.5) is 11.4 Å². The minimum Gasteiger partial charge on any atom is -0.490 e. The van der Waals surface area contributed by atoms with Crippen LogP contribution in [0.15, 0.2) is 65.1 Å². The van der Waals surface area contributed by atoms with Gasteiger partial charge in [0.2, 0.25) is 5.89 Å². The summed E-state index contributed by atoms with van der Waals surface area (Å²) < 4.78 is 17.6. The van der Waals surface area contributed by atoms with E-state index in [9.17, 15) is 0 Å². The average Bonchev–Trinajstić information content (AvgIpc) is 3.37. The Morgan fingerprint density at radius 3 is 2.82 bits per heavy atom. The van der Waals surface area contributed by atoms with E-state index >= 15 is 0 Å². The van der Waals surface area contributed by atoms with Gasteiger partial charge in [-0.05, 0) is 48.5 Å². The van der Waals surface area contributed by atoms with E-state index in [4.69, 9.17) is 13.9 Å². The van der Waals surface area contributed by atoms with Crippen molar-refractivity contribution in [2.75, 3.05) is 23.8 Å². The number of nitrogens with one attached hydrogen (secondary N) is 2. The zero-order valence-corrected chi connectivity index (χ0v) is 14.9. The van der Waals surface area contributed by atoms with E-state index in [-0.39, 0.29) is 6.23 Å². The molecule has 1 atom stereocenters. The fraction of sp³-hybridized carbons (Fsp3) is 0.136. The summed E-state index contributed by atoms with van der Waals surface area (Å²) in [6.07, 6.45) is -0.247. The summed E-state index contributed by atoms with van der Waals surface area (Å²) in [5.74, 6) is 2.29. The molecule has 2 aliphatic rings. The number of hydrogen-bond acceptors (Lipinski definition) is 6. The van der Waals surface area contributed by atoms with Crippen molar-refractivity contribution in [1.29, 1.82) is 0 Å². The Hall–Kier alpha value is -3.67. The molecule has 2 aliphatic heterocycles. The Morgan fingerprint density at radius 2 is 1.86 bits per heavy atom. The molecule has 0 saturated carbocycles. The number of oxazole rings is 1. The molecule has 6 heteroatoms. The second kappa shape index (κ2) is 5.92. The van der Waals surface area contributed by atoms with Gasteiger partial charge in [0.15, 0.2) is 11.8 Å². The van der Waals surface area contributed by atoms with Crippen molar-refractivity contribution in [1.82, 2.24) is 4.98 Å². The first-order valence-corrected chi connectivity index (χ1v) is 9.27. The van der Waals surface area contributed by atoms with E-state index in [2.05, 4.69) is 21.7 Å². The van der Waals surface area contributed by atoms with Gasteiger partial charge in [-0.2, -0.15) is 0 Å². The SMILES string of the molecule is c1ccc2oc(-c3ccc4c(c3)NC(c3ccc5c(c3)NCCO5)O4)nc2c1. The number of aromatic nitrogens is 1. The van der Waals surface area contributed by atoms with Crippen molar-refractivity contribution in [3.8, 4) is 23.0 Å². The van der Waals surface area contributed by atoms with Crippen LogP contribution in [-0.4, -0.2) is 18.1 Å². The van der Waals surface area contributed by atoms with Crippen LogP contribution in [0.25, 0.3) is 22.6 Å². The van der Waals surface area contributed by atoms with E-state index in [1.165, 1.54) is 0 Å². The first-order chi connectivity index (χ1) is 13.8. The van der Waals surface area contributed by atoms with Crippen LogP contribution in [0.3, 0.4) is 0 Å². The lowest BCUT2D eigenvalue weighted by molar-refractivity contribution is 0.259. The predicted octanol–water partition coefficient (Wildman–Crippen LogP) is 4.80. The van der Waals surface area contributed by atoms with E-state index < -0.39 is 0 Å². The molecule has 0 aliphatic carbocycles. The van der Waals surface area contributed by atoms with Crippen LogP contribution >= 0.6 is 0 Å². The molecule has 0 fully saturated rings. The quantitative estimate of drug-likeness (QED) is 0.527. The molecule has 6 rings (SSSR count). The first kappa shape index (κ1) is 15.4. The van der Waals surface area contributed by atoms with Crippen LogP contribution < -0.4 is 20.1 Å². The molecule has 1 unspecified atom stereocenters. The molecule has 28 heavy (non-hydrogen) atoms. The molecule has 0 spiro atoms. The van der Waals surface area contributed by atoms with E-state index in [1.54, 1.807) is 0 Å². The maximum Gasteiger partial charge on any atom is 0.227 e. The van der Waals surface area contributed by atoms with E-state index in [0.29, 0.717) is 12.5 Å². The van der Waals surface area contributed by atoms with Gasteiger partial charge >= 0.3 is 0 Å². The maximum absolute atomic E-state index is 6.10. The monoisotopic (exact) mass is 371 g/mol. The third-order valence-corrected chi connectivity index (χ3v) is 5.03. The molecule has 2 N–H and O–H groups in total. The Balaban J connectivity index is 1.30. The molecule has 4 aromatic rings. The number of para-hydroxylation sites is 2. The number of ether oxygens (including phenoxy) is 2. The standard InChI is InChI=1S/C22H17N3O3/c1-2-4-19-15(3-1)24-21(27-19)14-6-8-20-17(12-14)25-22(28-20)13-5-7-18-16(11-13)23-9-10-26-18/h1-8,11-12,22-23,25H,9-10H2. The summed E-state index contributed by atoms with van der Waals surface area (Å²) >= 11 is 0. The normalized spacial score (nSPS) is 17.1. The number of benzene rings is 3. The second-order valence-electron chi connectivity index (χ2n) is 6.87. The highest BCUT2D eigenvalue weighted by molar-refractivity contribution is 5.78. The number of nitrogens with zero attached hydrogens (tertiary/aromatic N) is 1. The zero-order valence-electron chi connectivity index (χ0n) is 14.9. The molecule has 3 aromatic carbocycles. The van der Waals surface area contributed by atoms with Crippen LogP contribution in [0.1, 0.15) is 11.8 Å². The fourth-order valence-corrected chi connectivity index (χ4v) is 3.64. The largest absolute Gasteiger partial charge is 0.490 e. The van der Waals surface area contributed by atoms with Gasteiger partial charge in [-0.3, -0.25) is 0 Å². The van der Waals surface area contributed by atoms with Gasteiger partial charge in [-0.15, -0.1) is 0 Å². The van der Waals surface area contributed by atoms with Gasteiger partial charge in [0.05, 0.1) is 11.4 Å². The molecule has 0 amide bonds. The van der Waals surface area contributed by atoms with Crippen molar-refractivity contribution >= 4 is 22.5 Å². The van der Waals surface area contributed by atoms with Crippen molar-refractivity contribution in [2.24, 2.45) is 0 Å². The van der Waals surface area contributed by atoms with Gasteiger partial charge in [0.25, 0.3) is 0 Å². The number of rotatable bonds is 2. The lowest BCUT2D eigenvalue weighted by Crippen LogP contribution is -2.19. The van der Waals surface area contributed by atoms with Crippen molar-refractivity contribution in [2.45, 2.75) is 6.23 Å². The third-order valence-electron chi connectivity index (χ3n) is 5.03. The number of anilines is 2. The molecule has 0 radical (unpaired) electrons. The highest BCUT2D eigenvalue weighted by Crippen LogP contribution is 2.41. The van der Waals surface area contributed by atoms with E-state index in [1.807, 2.05) is 54.6 Å². The summed E-state index contributed by atoms with van der Waals surface area (Å²) in [6.45, 7) is 1.50. The van der Waals surface area contributed by atoms with Gasteiger partial charge < -0.3 is 24.5 Å². The van der Waals surface area contributed by atoms with E-state index in [0.717, 1.165) is 51.6 Å². The van der Waals surface area contributed by atoms with Gasteiger partial charge in [-0.25, -0.2) is 4.98 Å². The van der Waals surface area contributed by atoms with Crippen LogP contribution in [0.5, 0.6) is 11.5 Å². The van der Waals surface area contributed by atoms with Gasteiger partial charge in [0.1, 0.15) is 23.6 Å².